The summed E-state index contributed by atoms with van der Waals surface area (Å²) >= 11 is 0. The van der Waals surface area contributed by atoms with E-state index in [1.165, 1.54) is 11.3 Å². The molecule has 1 aromatic carbocycles. The second-order valence-corrected chi connectivity index (χ2v) is 6.10. The number of aryl methyl sites for hydroxylation is 1. The van der Waals surface area contributed by atoms with E-state index in [4.69, 9.17) is 10.8 Å². The lowest BCUT2D eigenvalue weighted by Crippen LogP contribution is -2.26. The van der Waals surface area contributed by atoms with Crippen LogP contribution in [-0.4, -0.2) is 31.8 Å². The highest BCUT2D eigenvalue weighted by Crippen LogP contribution is 2.21. The average Bonchev–Trinajstić information content (AvgIpc) is 3.16. The Kier molecular flexibility index (Phi) is 3.78. The molecule has 3 heterocycles. The highest BCUT2D eigenvalue weighted by molar-refractivity contribution is 5.75. The van der Waals surface area contributed by atoms with Crippen LogP contribution in [0, 0.1) is 0 Å². The number of hydrogen-bond donors (Lipinski definition) is 2. The van der Waals surface area contributed by atoms with Crippen LogP contribution < -0.4 is 11.1 Å². The number of carbonyl (C=O) groups is 1. The predicted octanol–water partition coefficient (Wildman–Crippen LogP) is 0.802. The molecule has 4 rings (SSSR count). The van der Waals surface area contributed by atoms with Gasteiger partial charge in [0.1, 0.15) is 0 Å². The molecule has 0 aliphatic carbocycles. The first kappa shape index (κ1) is 14.9. The number of carbonyl (C=O) groups excluding carboxylic acids is 1. The standard InChI is InChI=1S/C17H20N6O/c18-17(24)6-8-23-15-5-7-19-9-12(15)14(21-23)10-22-11-20-13-3-1-2-4-16(13)22/h1-4,11,19H,5-10H2,(H2,18,24). The molecule has 3 aromatic rings. The van der Waals surface area contributed by atoms with Crippen molar-refractivity contribution >= 4 is 16.9 Å². The van der Waals surface area contributed by atoms with Crippen LogP contribution in [0.1, 0.15) is 23.4 Å². The topological polar surface area (TPSA) is 90.8 Å². The highest BCUT2D eigenvalue weighted by atomic mass is 16.1. The van der Waals surface area contributed by atoms with Crippen molar-refractivity contribution < 1.29 is 4.79 Å². The SMILES string of the molecule is NC(=O)CCn1nc(Cn2cnc3ccccc32)c2c1CCNC2. The summed E-state index contributed by atoms with van der Waals surface area (Å²) in [4.78, 5) is 15.6. The van der Waals surface area contributed by atoms with Crippen molar-refractivity contribution in [2.75, 3.05) is 6.54 Å². The highest BCUT2D eigenvalue weighted by Gasteiger charge is 2.21. The molecule has 0 saturated heterocycles. The van der Waals surface area contributed by atoms with Crippen LogP contribution in [0.3, 0.4) is 0 Å². The second kappa shape index (κ2) is 6.09. The van der Waals surface area contributed by atoms with Crippen LogP contribution in [-0.2, 0) is 30.8 Å². The molecule has 3 N–H and O–H groups in total. The third-order valence-corrected chi connectivity index (χ3v) is 4.51. The maximum atomic E-state index is 11.1. The molecule has 1 aliphatic heterocycles. The Balaban J connectivity index is 1.68. The van der Waals surface area contributed by atoms with Gasteiger partial charge >= 0.3 is 0 Å². The summed E-state index contributed by atoms with van der Waals surface area (Å²) < 4.78 is 4.07. The number of primary amides is 1. The zero-order valence-electron chi connectivity index (χ0n) is 13.4. The van der Waals surface area contributed by atoms with E-state index in [9.17, 15) is 4.79 Å². The first-order valence-corrected chi connectivity index (χ1v) is 8.18. The van der Waals surface area contributed by atoms with Crippen LogP contribution in [0.2, 0.25) is 0 Å². The van der Waals surface area contributed by atoms with E-state index in [2.05, 4.69) is 20.9 Å². The van der Waals surface area contributed by atoms with Crippen LogP contribution in [0.4, 0.5) is 0 Å². The molecule has 7 nitrogen and oxygen atoms in total. The summed E-state index contributed by atoms with van der Waals surface area (Å²) in [5.41, 5.74) is 10.9. The third kappa shape index (κ3) is 2.67. The van der Waals surface area contributed by atoms with E-state index in [0.717, 1.165) is 36.2 Å². The Morgan fingerprint density at radius 1 is 1.33 bits per heavy atom. The molecule has 0 atom stereocenters. The first-order chi connectivity index (χ1) is 11.7. The number of nitrogens with one attached hydrogen (secondary N) is 1. The van der Waals surface area contributed by atoms with Crippen molar-refractivity contribution in [2.24, 2.45) is 5.73 Å². The molecule has 24 heavy (non-hydrogen) atoms. The molecular formula is C17H20N6O. The summed E-state index contributed by atoms with van der Waals surface area (Å²) in [5.74, 6) is -0.296. The fourth-order valence-electron chi connectivity index (χ4n) is 3.32. The number of amides is 1. The first-order valence-electron chi connectivity index (χ1n) is 8.18. The predicted molar refractivity (Wildman–Crippen MR) is 90.3 cm³/mol. The summed E-state index contributed by atoms with van der Waals surface area (Å²) in [6.45, 7) is 2.97. The van der Waals surface area contributed by atoms with Gasteiger partial charge in [-0.3, -0.25) is 9.48 Å². The van der Waals surface area contributed by atoms with Crippen LogP contribution in [0.5, 0.6) is 0 Å². The van der Waals surface area contributed by atoms with Gasteiger partial charge in [0.05, 0.1) is 29.6 Å². The normalized spacial score (nSPS) is 14.0. The molecule has 0 bridgehead atoms. The van der Waals surface area contributed by atoms with Gasteiger partial charge in [0.2, 0.25) is 5.91 Å². The average molecular weight is 324 g/mol. The molecule has 0 fully saturated rings. The summed E-state index contributed by atoms with van der Waals surface area (Å²) in [6, 6.07) is 8.08. The molecule has 124 valence electrons. The molecule has 1 aliphatic rings. The van der Waals surface area contributed by atoms with Gasteiger partial charge in [0.15, 0.2) is 0 Å². The smallest absolute Gasteiger partial charge is 0.219 e. The third-order valence-electron chi connectivity index (χ3n) is 4.51. The fourth-order valence-corrected chi connectivity index (χ4v) is 3.32. The van der Waals surface area contributed by atoms with Gasteiger partial charge in [0, 0.05) is 43.7 Å². The van der Waals surface area contributed by atoms with Crippen molar-refractivity contribution in [1.82, 2.24) is 24.6 Å². The van der Waals surface area contributed by atoms with Crippen molar-refractivity contribution in [3.8, 4) is 0 Å². The maximum Gasteiger partial charge on any atom is 0.219 e. The van der Waals surface area contributed by atoms with Gasteiger partial charge in [-0.1, -0.05) is 12.1 Å². The molecule has 0 radical (unpaired) electrons. The number of hydrogen-bond acceptors (Lipinski definition) is 4. The molecule has 1 amide bonds. The lowest BCUT2D eigenvalue weighted by molar-refractivity contribution is -0.118. The van der Waals surface area contributed by atoms with Gasteiger partial charge in [-0.25, -0.2) is 4.98 Å². The van der Waals surface area contributed by atoms with E-state index in [1.807, 2.05) is 29.2 Å². The molecule has 0 spiro atoms. The van der Waals surface area contributed by atoms with Gasteiger partial charge in [-0.05, 0) is 12.1 Å². The van der Waals surface area contributed by atoms with Gasteiger partial charge in [-0.2, -0.15) is 5.10 Å². The number of nitrogens with two attached hydrogens (primary N) is 1. The van der Waals surface area contributed by atoms with E-state index in [1.54, 1.807) is 0 Å². The Hall–Kier alpha value is -2.67. The largest absolute Gasteiger partial charge is 0.370 e. The summed E-state index contributed by atoms with van der Waals surface area (Å²) in [6.07, 6.45) is 3.09. The lowest BCUT2D eigenvalue weighted by Gasteiger charge is -2.15. The lowest BCUT2D eigenvalue weighted by atomic mass is 10.1. The van der Waals surface area contributed by atoms with Crippen molar-refractivity contribution in [3.05, 3.63) is 47.5 Å². The van der Waals surface area contributed by atoms with E-state index < -0.39 is 0 Å². The van der Waals surface area contributed by atoms with Gasteiger partial charge in [0.25, 0.3) is 0 Å². The Morgan fingerprint density at radius 2 is 2.21 bits per heavy atom. The van der Waals surface area contributed by atoms with Crippen molar-refractivity contribution in [3.63, 3.8) is 0 Å². The zero-order valence-corrected chi connectivity index (χ0v) is 13.4. The molecule has 0 unspecified atom stereocenters. The zero-order chi connectivity index (χ0) is 16.5. The van der Waals surface area contributed by atoms with Crippen LogP contribution in [0.15, 0.2) is 30.6 Å². The van der Waals surface area contributed by atoms with Crippen molar-refractivity contribution in [1.29, 1.82) is 0 Å². The molecule has 7 heteroatoms. The number of rotatable bonds is 5. The Morgan fingerprint density at radius 3 is 3.08 bits per heavy atom. The van der Waals surface area contributed by atoms with E-state index >= 15 is 0 Å². The number of nitrogens with zero attached hydrogens (tertiary/aromatic N) is 4. The molecule has 2 aromatic heterocycles. The molecular weight excluding hydrogens is 304 g/mol. The van der Waals surface area contributed by atoms with Crippen LogP contribution in [0.25, 0.3) is 11.0 Å². The monoisotopic (exact) mass is 324 g/mol. The number of aromatic nitrogens is 4. The number of para-hydroxylation sites is 2. The maximum absolute atomic E-state index is 11.1. The minimum Gasteiger partial charge on any atom is -0.370 e. The number of benzene rings is 1. The van der Waals surface area contributed by atoms with Gasteiger partial charge in [-0.15, -0.1) is 0 Å². The quantitative estimate of drug-likeness (QED) is 0.726. The number of imidazole rings is 1. The van der Waals surface area contributed by atoms with Crippen molar-refractivity contribution in [2.45, 2.75) is 32.5 Å². The Bertz CT molecular complexity index is 894. The summed E-state index contributed by atoms with van der Waals surface area (Å²) in [5, 5.41) is 8.17. The number of fused-ring (bicyclic) bond motifs is 2. The Labute approximate surface area is 139 Å². The second-order valence-electron chi connectivity index (χ2n) is 6.10. The van der Waals surface area contributed by atoms with Crippen LogP contribution >= 0.6 is 0 Å². The minimum atomic E-state index is -0.296. The fraction of sp³-hybridized carbons (Fsp3) is 0.353. The van der Waals surface area contributed by atoms with Gasteiger partial charge < -0.3 is 15.6 Å². The van der Waals surface area contributed by atoms with E-state index in [-0.39, 0.29) is 5.91 Å². The minimum absolute atomic E-state index is 0.296. The molecule has 0 saturated carbocycles. The van der Waals surface area contributed by atoms with E-state index in [0.29, 0.717) is 19.5 Å². The summed E-state index contributed by atoms with van der Waals surface area (Å²) in [7, 11) is 0.